The Balaban J connectivity index is 1.98. The average Bonchev–Trinajstić information content (AvgIpc) is 2.63. The molecular weight excluding hydrogens is 348 g/mol. The van der Waals surface area contributed by atoms with E-state index in [0.717, 1.165) is 12.6 Å². The number of nitrogens with zero attached hydrogens (tertiary/aromatic N) is 2. The highest BCUT2D eigenvalue weighted by atomic mass is 16.3. The molecule has 3 heterocycles. The summed E-state index contributed by atoms with van der Waals surface area (Å²) >= 11 is 0. The number of hydrogen-bond acceptors (Lipinski definition) is 7. The molecule has 4 rings (SSSR count). The first-order valence-corrected chi connectivity index (χ1v) is 8.75. The molecule has 2 atom stereocenters. The Morgan fingerprint density at radius 3 is 2.63 bits per heavy atom. The van der Waals surface area contributed by atoms with Crippen LogP contribution in [0.1, 0.15) is 17.9 Å². The Hall–Kier alpha value is -2.90. The van der Waals surface area contributed by atoms with Gasteiger partial charge in [-0.25, -0.2) is 0 Å². The molecule has 3 N–H and O–H groups in total. The quantitative estimate of drug-likeness (QED) is 0.635. The first kappa shape index (κ1) is 17.5. The van der Waals surface area contributed by atoms with E-state index in [-0.39, 0.29) is 22.5 Å². The SMILES string of the molecule is CN1CCC(c2c(O)cc(O)c3c(=O)cc(-c4ccncc4)oc23)C(O)C1. The van der Waals surface area contributed by atoms with Crippen molar-refractivity contribution in [2.45, 2.75) is 18.4 Å². The fraction of sp³-hybridized carbons (Fsp3) is 0.300. The van der Waals surface area contributed by atoms with Crippen LogP contribution in [0.5, 0.6) is 11.5 Å². The number of hydrogen-bond donors (Lipinski definition) is 3. The van der Waals surface area contributed by atoms with Crippen molar-refractivity contribution in [1.82, 2.24) is 9.88 Å². The normalized spacial score (nSPS) is 20.8. The van der Waals surface area contributed by atoms with Crippen molar-refractivity contribution >= 4 is 11.0 Å². The summed E-state index contributed by atoms with van der Waals surface area (Å²) in [7, 11) is 1.91. The highest BCUT2D eigenvalue weighted by molar-refractivity contribution is 5.89. The van der Waals surface area contributed by atoms with Crippen LogP contribution in [0, 0.1) is 0 Å². The first-order valence-electron chi connectivity index (χ1n) is 8.75. The number of likely N-dealkylation sites (tertiary alicyclic amines) is 1. The van der Waals surface area contributed by atoms with Crippen molar-refractivity contribution in [3.8, 4) is 22.8 Å². The molecule has 0 bridgehead atoms. The van der Waals surface area contributed by atoms with Crippen LogP contribution < -0.4 is 5.43 Å². The van der Waals surface area contributed by atoms with Crippen molar-refractivity contribution < 1.29 is 19.7 Å². The van der Waals surface area contributed by atoms with Gasteiger partial charge in [0.15, 0.2) is 5.43 Å². The predicted molar refractivity (Wildman–Crippen MR) is 99.9 cm³/mol. The number of aromatic hydroxyl groups is 2. The lowest BCUT2D eigenvalue weighted by Gasteiger charge is -2.34. The van der Waals surface area contributed by atoms with Crippen molar-refractivity contribution in [3.63, 3.8) is 0 Å². The number of phenolic OH excluding ortho intramolecular Hbond substituents is 2. The van der Waals surface area contributed by atoms with Gasteiger partial charge in [0.2, 0.25) is 0 Å². The number of fused-ring (bicyclic) bond motifs is 1. The van der Waals surface area contributed by atoms with Gasteiger partial charge in [-0.2, -0.15) is 0 Å². The number of pyridine rings is 1. The molecule has 1 aliphatic heterocycles. The van der Waals surface area contributed by atoms with E-state index in [1.54, 1.807) is 24.5 Å². The lowest BCUT2D eigenvalue weighted by Crippen LogP contribution is -2.40. The van der Waals surface area contributed by atoms with Gasteiger partial charge >= 0.3 is 0 Å². The minimum absolute atomic E-state index is 0.00624. The maximum Gasteiger partial charge on any atom is 0.197 e. The standard InChI is InChI=1S/C20H20N2O5/c1-22-7-4-12(16(26)10-22)18-13(23)8-14(24)19-15(25)9-17(27-20(18)19)11-2-5-21-6-3-11/h2-3,5-6,8-9,12,16,23-24,26H,4,7,10H2,1H3. The van der Waals surface area contributed by atoms with E-state index in [9.17, 15) is 20.1 Å². The van der Waals surface area contributed by atoms with Gasteiger partial charge in [-0.15, -0.1) is 0 Å². The summed E-state index contributed by atoms with van der Waals surface area (Å²) in [4.78, 5) is 18.6. The lowest BCUT2D eigenvalue weighted by atomic mass is 9.85. The van der Waals surface area contributed by atoms with Crippen LogP contribution in [0.25, 0.3) is 22.3 Å². The van der Waals surface area contributed by atoms with Gasteiger partial charge in [0.1, 0.15) is 28.2 Å². The molecule has 2 unspecified atom stereocenters. The van der Waals surface area contributed by atoms with Crippen LogP contribution in [0.2, 0.25) is 0 Å². The Morgan fingerprint density at radius 2 is 1.93 bits per heavy atom. The summed E-state index contributed by atoms with van der Waals surface area (Å²) in [6, 6.07) is 5.86. The van der Waals surface area contributed by atoms with Crippen molar-refractivity contribution in [2.75, 3.05) is 20.1 Å². The Labute approximate surface area is 155 Å². The highest BCUT2D eigenvalue weighted by Crippen LogP contribution is 2.42. The van der Waals surface area contributed by atoms with E-state index in [1.807, 2.05) is 11.9 Å². The fourth-order valence-corrected chi connectivity index (χ4v) is 3.76. The number of phenols is 2. The lowest BCUT2D eigenvalue weighted by molar-refractivity contribution is 0.0631. The summed E-state index contributed by atoms with van der Waals surface area (Å²) in [5, 5.41) is 31.3. The Kier molecular flexibility index (Phi) is 4.33. The van der Waals surface area contributed by atoms with E-state index in [0.29, 0.717) is 29.9 Å². The van der Waals surface area contributed by atoms with Crippen LogP contribution in [0.4, 0.5) is 0 Å². The second-order valence-corrected chi connectivity index (χ2v) is 6.97. The van der Waals surface area contributed by atoms with Gasteiger partial charge in [-0.1, -0.05) is 0 Å². The molecule has 0 amide bonds. The van der Waals surface area contributed by atoms with E-state index < -0.39 is 17.5 Å². The summed E-state index contributed by atoms with van der Waals surface area (Å²) < 4.78 is 5.98. The molecule has 1 aromatic carbocycles. The number of rotatable bonds is 2. The Morgan fingerprint density at radius 1 is 1.19 bits per heavy atom. The second kappa shape index (κ2) is 6.68. The number of benzene rings is 1. The number of aliphatic hydroxyl groups is 1. The molecule has 1 aliphatic rings. The third kappa shape index (κ3) is 3.05. The van der Waals surface area contributed by atoms with Gasteiger partial charge in [0.25, 0.3) is 0 Å². The molecule has 0 radical (unpaired) electrons. The van der Waals surface area contributed by atoms with Gasteiger partial charge in [-0.05, 0) is 32.1 Å². The van der Waals surface area contributed by atoms with Crippen LogP contribution in [-0.4, -0.2) is 51.4 Å². The molecule has 3 aromatic rings. The number of aliphatic hydroxyl groups excluding tert-OH is 1. The molecule has 1 fully saturated rings. The smallest absolute Gasteiger partial charge is 0.197 e. The van der Waals surface area contributed by atoms with Gasteiger partial charge in [0.05, 0.1) is 6.10 Å². The predicted octanol–water partition coefficient (Wildman–Crippen LogP) is 2.05. The first-order chi connectivity index (χ1) is 13.0. The highest BCUT2D eigenvalue weighted by Gasteiger charge is 2.33. The Bertz CT molecular complexity index is 1050. The zero-order valence-corrected chi connectivity index (χ0v) is 14.8. The number of likely N-dealkylation sites (N-methyl/N-ethyl adjacent to an activating group) is 1. The van der Waals surface area contributed by atoms with Gasteiger partial charge < -0.3 is 24.6 Å². The molecule has 27 heavy (non-hydrogen) atoms. The summed E-state index contributed by atoms with van der Waals surface area (Å²) in [5.74, 6) is -0.629. The number of β-amino-alcohol motifs (C(OH)–C–C–N with tert-alkyl or cyclic N) is 1. The maximum absolute atomic E-state index is 12.7. The molecule has 140 valence electrons. The monoisotopic (exact) mass is 368 g/mol. The number of aromatic nitrogens is 1. The molecular formula is C20H20N2O5. The number of piperidine rings is 1. The largest absolute Gasteiger partial charge is 0.507 e. The third-order valence-corrected chi connectivity index (χ3v) is 5.12. The minimum atomic E-state index is -0.725. The van der Waals surface area contributed by atoms with Gasteiger partial charge in [0, 0.05) is 48.1 Å². The zero-order chi connectivity index (χ0) is 19.1. The van der Waals surface area contributed by atoms with Crippen LogP contribution in [0.3, 0.4) is 0 Å². The molecule has 2 aromatic heterocycles. The molecule has 0 aliphatic carbocycles. The van der Waals surface area contributed by atoms with E-state index in [1.165, 1.54) is 6.07 Å². The van der Waals surface area contributed by atoms with Crippen molar-refractivity contribution in [3.05, 3.63) is 52.4 Å². The summed E-state index contributed by atoms with van der Waals surface area (Å²) in [6.07, 6.45) is 3.04. The van der Waals surface area contributed by atoms with E-state index in [2.05, 4.69) is 4.98 Å². The molecule has 7 nitrogen and oxygen atoms in total. The van der Waals surface area contributed by atoms with E-state index >= 15 is 0 Å². The zero-order valence-electron chi connectivity index (χ0n) is 14.8. The maximum atomic E-state index is 12.7. The average molecular weight is 368 g/mol. The van der Waals surface area contributed by atoms with Crippen LogP contribution in [0.15, 0.2) is 45.9 Å². The molecule has 1 saturated heterocycles. The van der Waals surface area contributed by atoms with Crippen LogP contribution >= 0.6 is 0 Å². The summed E-state index contributed by atoms with van der Waals surface area (Å²) in [5.41, 5.74) is 0.711. The molecule has 0 spiro atoms. The van der Waals surface area contributed by atoms with Crippen molar-refractivity contribution in [2.24, 2.45) is 0 Å². The third-order valence-electron chi connectivity index (χ3n) is 5.12. The van der Waals surface area contributed by atoms with Gasteiger partial charge in [-0.3, -0.25) is 9.78 Å². The summed E-state index contributed by atoms with van der Waals surface area (Å²) in [6.45, 7) is 1.18. The molecule has 7 heteroatoms. The fourth-order valence-electron chi connectivity index (χ4n) is 3.76. The van der Waals surface area contributed by atoms with Crippen LogP contribution in [-0.2, 0) is 0 Å². The minimum Gasteiger partial charge on any atom is -0.507 e. The van der Waals surface area contributed by atoms with Crippen molar-refractivity contribution in [1.29, 1.82) is 0 Å². The molecule has 0 saturated carbocycles. The topological polar surface area (TPSA) is 107 Å². The second-order valence-electron chi connectivity index (χ2n) is 6.97. The van der Waals surface area contributed by atoms with E-state index in [4.69, 9.17) is 4.42 Å².